The first kappa shape index (κ1) is 27.9. The fourth-order valence-electron chi connectivity index (χ4n) is 9.10. The van der Waals surface area contributed by atoms with Crippen molar-refractivity contribution in [3.05, 3.63) is 34.9 Å². The van der Waals surface area contributed by atoms with E-state index in [0.717, 1.165) is 43.3 Å². The molecule has 0 amide bonds. The van der Waals surface area contributed by atoms with Gasteiger partial charge in [0, 0.05) is 26.2 Å². The Morgan fingerprint density at radius 3 is 2.51 bits per heavy atom. The Kier molecular flexibility index (Phi) is 7.17. The van der Waals surface area contributed by atoms with E-state index in [9.17, 15) is 19.2 Å². The zero-order valence-corrected chi connectivity index (χ0v) is 24.1. The molecule has 2 saturated carbocycles. The molecule has 0 aromatic heterocycles. The minimum atomic E-state index is -0.541. The summed E-state index contributed by atoms with van der Waals surface area (Å²) >= 11 is 0. The van der Waals surface area contributed by atoms with Crippen molar-refractivity contribution in [2.24, 2.45) is 40.4 Å². The molecule has 9 atom stereocenters. The first-order chi connectivity index (χ1) is 18.4. The molecule has 0 radical (unpaired) electrons. The van der Waals surface area contributed by atoms with E-state index in [2.05, 4.69) is 26.8 Å². The third-order valence-electron chi connectivity index (χ3n) is 11.1. The first-order valence-corrected chi connectivity index (χ1v) is 14.5. The average Bonchev–Trinajstić information content (AvgIpc) is 3.21. The number of allylic oxidation sites excluding steroid dienone is 3. The van der Waals surface area contributed by atoms with E-state index >= 15 is 0 Å². The molecular weight excluding hydrogens is 496 g/mol. The summed E-state index contributed by atoms with van der Waals surface area (Å²) in [6.45, 7) is 11.4. The van der Waals surface area contributed by atoms with Crippen LogP contribution in [0.5, 0.6) is 0 Å². The number of cyclic esters (lactones) is 1. The topological polar surface area (TPSA) is 96.0 Å². The highest BCUT2D eigenvalue weighted by Gasteiger charge is 2.63. The average molecular weight is 539 g/mol. The quantitative estimate of drug-likeness (QED) is 0.267. The van der Waals surface area contributed by atoms with Crippen LogP contribution in [-0.2, 0) is 33.4 Å². The lowest BCUT2D eigenvalue weighted by molar-refractivity contribution is -0.160. The number of fused-ring (bicyclic) bond motifs is 5. The van der Waals surface area contributed by atoms with Gasteiger partial charge >= 0.3 is 17.9 Å². The summed E-state index contributed by atoms with van der Waals surface area (Å²) in [6, 6.07) is 0. The molecule has 0 unspecified atom stereocenters. The van der Waals surface area contributed by atoms with Gasteiger partial charge in [0.2, 0.25) is 0 Å². The maximum atomic E-state index is 13.3. The second-order valence-electron chi connectivity index (χ2n) is 13.0. The molecule has 212 valence electrons. The van der Waals surface area contributed by atoms with Crippen LogP contribution in [0, 0.1) is 40.4 Å². The molecule has 0 bridgehead atoms. The SMILES string of the molecule is CC(=O)OCC1=C(C)C[C@H]([C@@H](C)[C@H]2CC[C@H]3[C@H]4[C@@H](CC[C@]23C)[C@@]2(C)C(=O)C=CCC2=C[C@H]4OC(C)=O)OC1=O. The first-order valence-electron chi connectivity index (χ1n) is 14.5. The van der Waals surface area contributed by atoms with E-state index in [4.69, 9.17) is 14.2 Å². The van der Waals surface area contributed by atoms with Crippen molar-refractivity contribution in [1.29, 1.82) is 0 Å². The van der Waals surface area contributed by atoms with Gasteiger partial charge in [0.15, 0.2) is 5.78 Å². The summed E-state index contributed by atoms with van der Waals surface area (Å²) in [7, 11) is 0. The second kappa shape index (κ2) is 10.0. The summed E-state index contributed by atoms with van der Waals surface area (Å²) in [5.41, 5.74) is 1.90. The molecule has 7 heteroatoms. The maximum absolute atomic E-state index is 13.3. The molecule has 0 spiro atoms. The van der Waals surface area contributed by atoms with Crippen molar-refractivity contribution in [2.45, 2.75) is 92.3 Å². The lowest BCUT2D eigenvalue weighted by atomic mass is 9.46. The van der Waals surface area contributed by atoms with E-state index in [1.165, 1.54) is 13.8 Å². The van der Waals surface area contributed by atoms with E-state index < -0.39 is 17.4 Å². The fraction of sp³-hybridized carbons (Fsp3) is 0.688. The highest BCUT2D eigenvalue weighted by atomic mass is 16.6. The van der Waals surface area contributed by atoms with E-state index in [-0.39, 0.29) is 53.7 Å². The van der Waals surface area contributed by atoms with Crippen LogP contribution in [0.25, 0.3) is 0 Å². The van der Waals surface area contributed by atoms with Gasteiger partial charge in [-0.15, -0.1) is 0 Å². The van der Waals surface area contributed by atoms with Gasteiger partial charge in [-0.25, -0.2) is 4.79 Å². The Morgan fingerprint density at radius 2 is 1.85 bits per heavy atom. The Labute approximate surface area is 231 Å². The van der Waals surface area contributed by atoms with Gasteiger partial charge in [0.1, 0.15) is 18.8 Å². The second-order valence-corrected chi connectivity index (χ2v) is 13.0. The zero-order chi connectivity index (χ0) is 28.3. The molecule has 7 nitrogen and oxygen atoms in total. The Balaban J connectivity index is 1.41. The number of ether oxygens (including phenoxy) is 3. The number of hydrogen-bond acceptors (Lipinski definition) is 7. The molecule has 5 rings (SSSR count). The molecule has 1 heterocycles. The number of rotatable bonds is 5. The number of carbonyl (C=O) groups excluding carboxylic acids is 4. The number of esters is 3. The highest BCUT2D eigenvalue weighted by Crippen LogP contribution is 2.67. The predicted molar refractivity (Wildman–Crippen MR) is 144 cm³/mol. The van der Waals surface area contributed by atoms with Gasteiger partial charge in [-0.1, -0.05) is 31.1 Å². The molecular formula is C32H42O7. The number of carbonyl (C=O) groups is 4. The number of ketones is 1. The smallest absolute Gasteiger partial charge is 0.337 e. The Morgan fingerprint density at radius 1 is 1.10 bits per heavy atom. The van der Waals surface area contributed by atoms with Crippen LogP contribution in [0.4, 0.5) is 0 Å². The summed E-state index contributed by atoms with van der Waals surface area (Å²) in [4.78, 5) is 49.7. The van der Waals surface area contributed by atoms with Gasteiger partial charge in [0.05, 0.1) is 11.0 Å². The summed E-state index contributed by atoms with van der Waals surface area (Å²) in [5, 5.41) is 0. The number of hydrogen-bond donors (Lipinski definition) is 0. The van der Waals surface area contributed by atoms with Gasteiger partial charge in [-0.05, 0) is 87.2 Å². The van der Waals surface area contributed by atoms with Crippen LogP contribution in [0.3, 0.4) is 0 Å². The minimum absolute atomic E-state index is 0.0176. The Hall–Kier alpha value is -2.70. The van der Waals surface area contributed by atoms with Crippen LogP contribution in [-0.4, -0.2) is 42.5 Å². The van der Waals surface area contributed by atoms with Crippen LogP contribution in [0.2, 0.25) is 0 Å². The van der Waals surface area contributed by atoms with Crippen molar-refractivity contribution in [2.75, 3.05) is 6.61 Å². The van der Waals surface area contributed by atoms with Crippen LogP contribution >= 0.6 is 0 Å². The molecule has 5 aliphatic rings. The van der Waals surface area contributed by atoms with Gasteiger partial charge in [-0.2, -0.15) is 0 Å². The molecule has 2 fully saturated rings. The van der Waals surface area contributed by atoms with Crippen molar-refractivity contribution in [1.82, 2.24) is 0 Å². The highest BCUT2D eigenvalue weighted by molar-refractivity contribution is 5.98. The van der Waals surface area contributed by atoms with Crippen molar-refractivity contribution >= 4 is 23.7 Å². The molecule has 0 aromatic rings. The molecule has 39 heavy (non-hydrogen) atoms. The van der Waals surface area contributed by atoms with Gasteiger partial charge in [0.25, 0.3) is 0 Å². The predicted octanol–water partition coefficient (Wildman–Crippen LogP) is 5.28. The minimum Gasteiger partial charge on any atom is -0.461 e. The maximum Gasteiger partial charge on any atom is 0.337 e. The van der Waals surface area contributed by atoms with E-state index in [1.54, 1.807) is 6.08 Å². The third kappa shape index (κ3) is 4.50. The molecule has 1 aliphatic heterocycles. The normalized spacial score (nSPS) is 40.1. The van der Waals surface area contributed by atoms with Crippen molar-refractivity contribution in [3.63, 3.8) is 0 Å². The monoisotopic (exact) mass is 538 g/mol. The van der Waals surface area contributed by atoms with Crippen molar-refractivity contribution in [3.8, 4) is 0 Å². The summed E-state index contributed by atoms with van der Waals surface area (Å²) in [5.74, 6) is 0.0682. The summed E-state index contributed by atoms with van der Waals surface area (Å²) < 4.78 is 17.0. The zero-order valence-electron chi connectivity index (χ0n) is 24.1. The van der Waals surface area contributed by atoms with Gasteiger partial charge < -0.3 is 14.2 Å². The van der Waals surface area contributed by atoms with Gasteiger partial charge in [-0.3, -0.25) is 14.4 Å². The molecule has 4 aliphatic carbocycles. The van der Waals surface area contributed by atoms with E-state index in [1.807, 2.05) is 13.0 Å². The van der Waals surface area contributed by atoms with Crippen LogP contribution in [0.15, 0.2) is 34.9 Å². The molecule has 0 aromatic carbocycles. The third-order valence-corrected chi connectivity index (χ3v) is 11.1. The fourth-order valence-corrected chi connectivity index (χ4v) is 9.10. The molecule has 0 N–H and O–H groups in total. The molecule has 0 saturated heterocycles. The van der Waals surface area contributed by atoms with Crippen molar-refractivity contribution < 1.29 is 33.4 Å². The van der Waals surface area contributed by atoms with Crippen LogP contribution < -0.4 is 0 Å². The lowest BCUT2D eigenvalue weighted by Gasteiger charge is -2.58. The standard InChI is InChI=1S/C32H42O7/c1-17-14-26(39-30(36)22(17)16-37-19(3)33)18(2)23-10-11-24-29-25(12-13-31(23,24)5)32(6)21(8-7-9-28(32)35)15-27(29)38-20(4)34/h7,9,15,18,23-27,29H,8,10-14,16H2,1-6H3/t18-,23+,24-,25+,26+,27+,29-,31+,32-/m0/s1. The largest absolute Gasteiger partial charge is 0.461 e. The Bertz CT molecular complexity index is 1180. The lowest BCUT2D eigenvalue weighted by Crippen LogP contribution is -2.57. The van der Waals surface area contributed by atoms with E-state index in [0.29, 0.717) is 23.8 Å². The summed E-state index contributed by atoms with van der Waals surface area (Å²) in [6.07, 6.45) is 10.5. The van der Waals surface area contributed by atoms with Crippen LogP contribution in [0.1, 0.15) is 80.1 Å².